The van der Waals surface area contributed by atoms with Crippen LogP contribution in [0.4, 0.5) is 17.6 Å². The molecule has 0 aliphatic carbocycles. The summed E-state index contributed by atoms with van der Waals surface area (Å²) in [6.45, 7) is 3.86. The Balaban J connectivity index is 0.000000339. The maximum atomic E-state index is 13.3. The molecule has 11 heteroatoms. The zero-order valence-electron chi connectivity index (χ0n) is 16.7. The highest BCUT2D eigenvalue weighted by Crippen LogP contribution is 2.33. The number of fused-ring (bicyclic) bond motifs is 1. The molecule has 3 heterocycles. The molecule has 2 atom stereocenters. The second-order valence-electron chi connectivity index (χ2n) is 7.73. The Hall–Kier alpha value is -2.95. The lowest BCUT2D eigenvalue weighted by Crippen LogP contribution is -2.32. The Bertz CT molecular complexity index is 947. The number of hydrogen-bond donors (Lipinski definition) is 1. The number of aryl methyl sites for hydroxylation is 1. The lowest BCUT2D eigenvalue weighted by Gasteiger charge is -2.21. The van der Waals surface area contributed by atoms with E-state index in [9.17, 15) is 22.4 Å². The summed E-state index contributed by atoms with van der Waals surface area (Å²) in [5.74, 6) is -2.34. The summed E-state index contributed by atoms with van der Waals surface area (Å²) < 4.78 is 46.9. The van der Waals surface area contributed by atoms with Crippen molar-refractivity contribution in [2.45, 2.75) is 19.3 Å². The van der Waals surface area contributed by atoms with Crippen molar-refractivity contribution in [1.29, 1.82) is 0 Å². The maximum Gasteiger partial charge on any atom is 0.490 e. The molecule has 1 aromatic heterocycles. The van der Waals surface area contributed by atoms with E-state index >= 15 is 0 Å². The zero-order valence-corrected chi connectivity index (χ0v) is 16.7. The predicted molar refractivity (Wildman–Crippen MR) is 101 cm³/mol. The molecule has 0 bridgehead atoms. The standard InChI is InChI=1S/C18H21FN4O.C2HF3O2/c1-21-7-14(6-20-21)8-22-10-15-11-23(18(24)17(15)12-22)9-13-3-2-4-16(19)5-13;3-2(4,5)1(6)7/h2-7,15,17H,8-12H2,1H3;(H,6,7)/t15-,17-;/m0./s1. The molecule has 2 saturated heterocycles. The van der Waals surface area contributed by atoms with Gasteiger partial charge in [-0.25, -0.2) is 9.18 Å². The van der Waals surface area contributed by atoms with Gasteiger partial charge in [-0.05, 0) is 17.7 Å². The van der Waals surface area contributed by atoms with Crippen LogP contribution in [0.25, 0.3) is 0 Å². The molecule has 2 fully saturated rings. The molecule has 7 nitrogen and oxygen atoms in total. The molecule has 0 radical (unpaired) electrons. The van der Waals surface area contributed by atoms with Gasteiger partial charge in [0.05, 0.1) is 12.1 Å². The lowest BCUT2D eigenvalue weighted by molar-refractivity contribution is -0.192. The smallest absolute Gasteiger partial charge is 0.475 e. The third kappa shape index (κ3) is 5.81. The van der Waals surface area contributed by atoms with Crippen LogP contribution in [0.2, 0.25) is 0 Å². The minimum absolute atomic E-state index is 0.0789. The number of nitrogens with zero attached hydrogens (tertiary/aromatic N) is 4. The molecular formula is C20H22F4N4O3. The van der Waals surface area contributed by atoms with Crippen LogP contribution in [0.3, 0.4) is 0 Å². The first-order valence-corrected chi connectivity index (χ1v) is 9.56. The normalized spacial score (nSPS) is 21.1. The first kappa shape index (κ1) is 22.7. The Morgan fingerprint density at radius 2 is 1.90 bits per heavy atom. The van der Waals surface area contributed by atoms with Gasteiger partial charge in [0.25, 0.3) is 0 Å². The van der Waals surface area contributed by atoms with E-state index in [4.69, 9.17) is 9.90 Å². The fraction of sp³-hybridized carbons (Fsp3) is 0.450. The predicted octanol–water partition coefficient (Wildman–Crippen LogP) is 2.28. The van der Waals surface area contributed by atoms with Crippen LogP contribution in [0.5, 0.6) is 0 Å². The summed E-state index contributed by atoms with van der Waals surface area (Å²) in [5.41, 5.74) is 2.04. The van der Waals surface area contributed by atoms with Crippen LogP contribution >= 0.6 is 0 Å². The molecule has 2 aliphatic rings. The molecule has 0 saturated carbocycles. The number of aliphatic carboxylic acids is 1. The van der Waals surface area contributed by atoms with E-state index in [2.05, 4.69) is 10.00 Å². The van der Waals surface area contributed by atoms with Crippen LogP contribution < -0.4 is 0 Å². The van der Waals surface area contributed by atoms with Crippen LogP contribution in [-0.4, -0.2) is 62.4 Å². The van der Waals surface area contributed by atoms with Gasteiger partial charge >= 0.3 is 12.1 Å². The third-order valence-corrected chi connectivity index (χ3v) is 5.27. The second kappa shape index (κ2) is 9.04. The Labute approximate surface area is 175 Å². The lowest BCUT2D eigenvalue weighted by atomic mass is 10.0. The van der Waals surface area contributed by atoms with Crippen molar-refractivity contribution in [3.8, 4) is 0 Å². The topological polar surface area (TPSA) is 78.7 Å². The fourth-order valence-corrected chi connectivity index (χ4v) is 3.97. The van der Waals surface area contributed by atoms with Crippen molar-refractivity contribution in [2.24, 2.45) is 18.9 Å². The van der Waals surface area contributed by atoms with Crippen LogP contribution in [-0.2, 0) is 29.7 Å². The molecule has 0 unspecified atom stereocenters. The van der Waals surface area contributed by atoms with Crippen LogP contribution in [0.15, 0.2) is 36.7 Å². The number of alkyl halides is 3. The van der Waals surface area contributed by atoms with Crippen LogP contribution in [0.1, 0.15) is 11.1 Å². The SMILES string of the molecule is Cn1cc(CN2C[C@H]3CN(Cc4cccc(F)c4)C(=O)[C@H]3C2)cn1.O=C(O)C(F)(F)F. The van der Waals surface area contributed by atoms with Gasteiger partial charge in [0.15, 0.2) is 0 Å². The summed E-state index contributed by atoms with van der Waals surface area (Å²) in [5, 5.41) is 11.3. The van der Waals surface area contributed by atoms with Crippen molar-refractivity contribution in [2.75, 3.05) is 19.6 Å². The van der Waals surface area contributed by atoms with Gasteiger partial charge in [-0.1, -0.05) is 12.1 Å². The Morgan fingerprint density at radius 1 is 1.19 bits per heavy atom. The molecule has 0 spiro atoms. The van der Waals surface area contributed by atoms with E-state index in [1.165, 1.54) is 17.7 Å². The quantitative estimate of drug-likeness (QED) is 0.736. The van der Waals surface area contributed by atoms with Crippen molar-refractivity contribution < 1.29 is 32.3 Å². The zero-order chi connectivity index (χ0) is 22.8. The first-order chi connectivity index (χ1) is 14.5. The molecule has 2 aromatic rings. The first-order valence-electron chi connectivity index (χ1n) is 9.56. The molecule has 4 rings (SSSR count). The van der Waals surface area contributed by atoms with Gasteiger partial charge in [0, 0.05) is 57.4 Å². The molecule has 1 amide bonds. The van der Waals surface area contributed by atoms with Gasteiger partial charge < -0.3 is 10.0 Å². The van der Waals surface area contributed by atoms with Crippen molar-refractivity contribution in [1.82, 2.24) is 19.6 Å². The summed E-state index contributed by atoms with van der Waals surface area (Å²) in [6, 6.07) is 6.51. The highest BCUT2D eigenvalue weighted by molar-refractivity contribution is 5.82. The van der Waals surface area contributed by atoms with Gasteiger partial charge in [-0.15, -0.1) is 0 Å². The Kier molecular flexibility index (Phi) is 6.63. The number of carbonyl (C=O) groups is 2. The minimum atomic E-state index is -5.08. The van der Waals surface area contributed by atoms with Crippen LogP contribution in [0, 0.1) is 17.7 Å². The van der Waals surface area contributed by atoms with Gasteiger partial charge in [-0.3, -0.25) is 14.4 Å². The van der Waals surface area contributed by atoms with E-state index in [1.807, 2.05) is 30.4 Å². The van der Waals surface area contributed by atoms with E-state index < -0.39 is 12.1 Å². The average Bonchev–Trinajstić information content (AvgIpc) is 3.33. The van der Waals surface area contributed by atoms with E-state index in [0.717, 1.165) is 31.7 Å². The summed E-state index contributed by atoms with van der Waals surface area (Å²) in [4.78, 5) is 25.8. The number of benzene rings is 1. The second-order valence-corrected chi connectivity index (χ2v) is 7.73. The minimum Gasteiger partial charge on any atom is -0.475 e. The highest BCUT2D eigenvalue weighted by Gasteiger charge is 2.45. The average molecular weight is 442 g/mol. The number of likely N-dealkylation sites (tertiary alicyclic amines) is 2. The van der Waals surface area contributed by atoms with Gasteiger partial charge in [0.2, 0.25) is 5.91 Å². The van der Waals surface area contributed by atoms with E-state index in [-0.39, 0.29) is 17.6 Å². The summed E-state index contributed by atoms with van der Waals surface area (Å²) in [6.07, 6.45) is -1.18. The highest BCUT2D eigenvalue weighted by atomic mass is 19.4. The third-order valence-electron chi connectivity index (χ3n) is 5.27. The largest absolute Gasteiger partial charge is 0.490 e. The maximum absolute atomic E-state index is 13.3. The van der Waals surface area contributed by atoms with Crippen molar-refractivity contribution in [3.05, 3.63) is 53.6 Å². The number of carboxylic acid groups (broad SMARTS) is 1. The Morgan fingerprint density at radius 3 is 2.45 bits per heavy atom. The molecule has 1 N–H and O–H groups in total. The number of carboxylic acids is 1. The summed E-state index contributed by atoms with van der Waals surface area (Å²) in [7, 11) is 1.91. The monoisotopic (exact) mass is 442 g/mol. The van der Waals surface area contributed by atoms with Crippen molar-refractivity contribution in [3.63, 3.8) is 0 Å². The van der Waals surface area contributed by atoms with E-state index in [1.54, 1.807) is 10.7 Å². The number of amides is 1. The number of hydrogen-bond acceptors (Lipinski definition) is 4. The fourth-order valence-electron chi connectivity index (χ4n) is 3.97. The number of rotatable bonds is 4. The van der Waals surface area contributed by atoms with Crippen molar-refractivity contribution >= 4 is 11.9 Å². The number of aromatic nitrogens is 2. The molecule has 31 heavy (non-hydrogen) atoms. The summed E-state index contributed by atoms with van der Waals surface area (Å²) >= 11 is 0. The molecule has 168 valence electrons. The number of carbonyl (C=O) groups excluding carboxylic acids is 1. The van der Waals surface area contributed by atoms with Gasteiger partial charge in [0.1, 0.15) is 5.82 Å². The van der Waals surface area contributed by atoms with E-state index in [0.29, 0.717) is 12.5 Å². The molecule has 1 aromatic carbocycles. The number of halogens is 4. The molecule has 2 aliphatic heterocycles. The van der Waals surface area contributed by atoms with Gasteiger partial charge in [-0.2, -0.15) is 18.3 Å². The molecular weight excluding hydrogens is 420 g/mol.